The van der Waals surface area contributed by atoms with Crippen molar-refractivity contribution < 1.29 is 19.1 Å². The quantitative estimate of drug-likeness (QED) is 0.780. The Hall–Kier alpha value is -2.15. The minimum absolute atomic E-state index is 0.0614. The zero-order valence-electron chi connectivity index (χ0n) is 13.5. The molecule has 2 aromatic carbocycles. The van der Waals surface area contributed by atoms with Crippen LogP contribution >= 0.6 is 23.2 Å². The molecule has 136 valence electrons. The lowest BCUT2D eigenvalue weighted by molar-refractivity contribution is -0.149. The summed E-state index contributed by atoms with van der Waals surface area (Å²) >= 11 is 11.7. The van der Waals surface area contributed by atoms with Crippen LogP contribution in [-0.4, -0.2) is 29.1 Å². The molecule has 26 heavy (non-hydrogen) atoms. The van der Waals surface area contributed by atoms with Gasteiger partial charge in [0, 0.05) is 35.2 Å². The van der Waals surface area contributed by atoms with Gasteiger partial charge in [0.2, 0.25) is 5.60 Å². The first-order valence-electron chi connectivity index (χ1n) is 7.83. The highest BCUT2D eigenvalue weighted by molar-refractivity contribution is 6.31. The van der Waals surface area contributed by atoms with Crippen LogP contribution < -0.4 is 10.2 Å². The highest BCUT2D eigenvalue weighted by Crippen LogP contribution is 2.30. The molecule has 0 unspecified atom stereocenters. The molecule has 0 radical (unpaired) electrons. The normalized spacial score (nSPS) is 19.7. The van der Waals surface area contributed by atoms with Gasteiger partial charge in [-0.05, 0) is 42.0 Å². The maximum absolute atomic E-state index is 13.3. The predicted molar refractivity (Wildman–Crippen MR) is 96.6 cm³/mol. The fourth-order valence-corrected chi connectivity index (χ4v) is 3.28. The molecule has 5 nitrogen and oxygen atoms in total. The first-order valence-corrected chi connectivity index (χ1v) is 8.58. The molecular formula is C18H15Cl2FN2O3. The first kappa shape index (κ1) is 18.6. The number of benzene rings is 2. The molecule has 2 aromatic rings. The van der Waals surface area contributed by atoms with E-state index in [0.717, 1.165) is 6.07 Å². The Labute approximate surface area is 159 Å². The summed E-state index contributed by atoms with van der Waals surface area (Å²) in [6.45, 7) is 0.109. The van der Waals surface area contributed by atoms with E-state index in [1.165, 1.54) is 17.0 Å². The van der Waals surface area contributed by atoms with E-state index in [1.54, 1.807) is 24.3 Å². The summed E-state index contributed by atoms with van der Waals surface area (Å²) in [6, 6.07) is 10.4. The Balaban J connectivity index is 1.71. The number of aliphatic hydroxyl groups is 1. The lowest BCUT2D eigenvalue weighted by Gasteiger charge is -2.22. The lowest BCUT2D eigenvalue weighted by Crippen LogP contribution is -2.52. The van der Waals surface area contributed by atoms with Gasteiger partial charge in [0.15, 0.2) is 0 Å². The summed E-state index contributed by atoms with van der Waals surface area (Å²) in [7, 11) is 0. The lowest BCUT2D eigenvalue weighted by atomic mass is 10.0. The third-order valence-electron chi connectivity index (χ3n) is 4.17. The maximum Gasteiger partial charge on any atom is 0.268 e. The molecule has 0 bridgehead atoms. The number of rotatable bonds is 4. The van der Waals surface area contributed by atoms with Gasteiger partial charge >= 0.3 is 0 Å². The highest BCUT2D eigenvalue weighted by atomic mass is 35.5. The standard InChI is InChI=1S/C18H15Cl2FN2O3/c19-12-2-1-3-15(9-12)23-5-4-18(26,17(23)25)16(24)22-10-11-6-13(20)8-14(21)7-11/h1-3,6-9,26H,4-5,10H2,(H,22,24)/t18-/m0/s1. The van der Waals surface area contributed by atoms with Gasteiger partial charge < -0.3 is 15.3 Å². The number of anilines is 1. The van der Waals surface area contributed by atoms with Crippen LogP contribution in [0.3, 0.4) is 0 Å². The summed E-state index contributed by atoms with van der Waals surface area (Å²) in [6.07, 6.45) is -0.0614. The van der Waals surface area contributed by atoms with Gasteiger partial charge in [-0.1, -0.05) is 29.3 Å². The van der Waals surface area contributed by atoms with Crippen LogP contribution in [0.15, 0.2) is 42.5 Å². The van der Waals surface area contributed by atoms with Crippen molar-refractivity contribution in [3.63, 3.8) is 0 Å². The minimum Gasteiger partial charge on any atom is -0.372 e. The Kier molecular flexibility index (Phi) is 5.18. The number of hydrogen-bond acceptors (Lipinski definition) is 3. The Morgan fingerprint density at radius 2 is 2.00 bits per heavy atom. The smallest absolute Gasteiger partial charge is 0.268 e. The van der Waals surface area contributed by atoms with Crippen molar-refractivity contribution in [3.05, 3.63) is 63.9 Å². The number of hydrogen-bond donors (Lipinski definition) is 2. The second-order valence-electron chi connectivity index (χ2n) is 6.01. The van der Waals surface area contributed by atoms with Gasteiger partial charge in [-0.2, -0.15) is 0 Å². The Morgan fingerprint density at radius 3 is 2.69 bits per heavy atom. The van der Waals surface area contributed by atoms with Crippen molar-refractivity contribution >= 4 is 40.7 Å². The topological polar surface area (TPSA) is 69.6 Å². The zero-order chi connectivity index (χ0) is 18.9. The number of nitrogens with zero attached hydrogens (tertiary/aromatic N) is 1. The summed E-state index contributed by atoms with van der Waals surface area (Å²) in [4.78, 5) is 26.3. The monoisotopic (exact) mass is 396 g/mol. The van der Waals surface area contributed by atoms with E-state index in [-0.39, 0.29) is 24.5 Å². The van der Waals surface area contributed by atoms with Crippen LogP contribution in [-0.2, 0) is 16.1 Å². The molecule has 0 aliphatic carbocycles. The van der Waals surface area contributed by atoms with Crippen LogP contribution in [0, 0.1) is 5.82 Å². The van der Waals surface area contributed by atoms with E-state index >= 15 is 0 Å². The van der Waals surface area contributed by atoms with Crippen LogP contribution in [0.4, 0.5) is 10.1 Å². The number of carbonyl (C=O) groups excluding carboxylic acids is 2. The molecule has 2 N–H and O–H groups in total. The third kappa shape index (κ3) is 3.67. The molecule has 1 fully saturated rings. The fourth-order valence-electron chi connectivity index (χ4n) is 2.85. The molecule has 8 heteroatoms. The number of nitrogens with one attached hydrogen (secondary N) is 1. The van der Waals surface area contributed by atoms with Gasteiger partial charge in [-0.3, -0.25) is 9.59 Å². The molecule has 1 aliphatic rings. The van der Waals surface area contributed by atoms with Crippen LogP contribution in [0.25, 0.3) is 0 Å². The Morgan fingerprint density at radius 1 is 1.23 bits per heavy atom. The van der Waals surface area contributed by atoms with Crippen LogP contribution in [0.2, 0.25) is 10.0 Å². The van der Waals surface area contributed by atoms with Gasteiger partial charge in [0.25, 0.3) is 11.8 Å². The molecule has 1 heterocycles. The van der Waals surface area contributed by atoms with Gasteiger partial charge in [-0.25, -0.2) is 4.39 Å². The van der Waals surface area contributed by atoms with Gasteiger partial charge in [0.1, 0.15) is 5.82 Å². The van der Waals surface area contributed by atoms with E-state index in [1.807, 2.05) is 0 Å². The molecular weight excluding hydrogens is 382 g/mol. The predicted octanol–water partition coefficient (Wildman–Crippen LogP) is 2.92. The van der Waals surface area contributed by atoms with Crippen molar-refractivity contribution in [1.29, 1.82) is 0 Å². The van der Waals surface area contributed by atoms with E-state index in [9.17, 15) is 19.1 Å². The first-order chi connectivity index (χ1) is 12.3. The fraction of sp³-hybridized carbons (Fsp3) is 0.222. The third-order valence-corrected chi connectivity index (χ3v) is 4.62. The number of halogens is 3. The van der Waals surface area contributed by atoms with Crippen molar-refractivity contribution in [3.8, 4) is 0 Å². The van der Waals surface area contributed by atoms with Gasteiger partial charge in [0.05, 0.1) is 0 Å². The van der Waals surface area contributed by atoms with E-state index < -0.39 is 23.2 Å². The van der Waals surface area contributed by atoms with Crippen molar-refractivity contribution in [2.75, 3.05) is 11.4 Å². The highest BCUT2D eigenvalue weighted by Gasteiger charge is 2.51. The average molecular weight is 397 g/mol. The van der Waals surface area contributed by atoms with Crippen molar-refractivity contribution in [1.82, 2.24) is 5.32 Å². The van der Waals surface area contributed by atoms with E-state index in [2.05, 4.69) is 5.32 Å². The summed E-state index contributed by atoms with van der Waals surface area (Å²) < 4.78 is 13.3. The molecule has 1 aliphatic heterocycles. The largest absolute Gasteiger partial charge is 0.372 e. The summed E-state index contributed by atoms with van der Waals surface area (Å²) in [5.74, 6) is -2.11. The number of carbonyl (C=O) groups is 2. The molecule has 0 spiro atoms. The van der Waals surface area contributed by atoms with Crippen LogP contribution in [0.5, 0.6) is 0 Å². The SMILES string of the molecule is O=C(NCc1cc(F)cc(Cl)c1)[C@@]1(O)CCN(c2cccc(Cl)c2)C1=O. The minimum atomic E-state index is -2.18. The second kappa shape index (κ2) is 7.23. The van der Waals surface area contributed by atoms with Crippen molar-refractivity contribution in [2.45, 2.75) is 18.6 Å². The summed E-state index contributed by atoms with van der Waals surface area (Å²) in [5.41, 5.74) is -1.26. The molecule has 1 atom stereocenters. The van der Waals surface area contributed by atoms with E-state index in [4.69, 9.17) is 23.2 Å². The second-order valence-corrected chi connectivity index (χ2v) is 6.88. The molecule has 0 saturated carbocycles. The molecule has 3 rings (SSSR count). The number of amides is 2. The molecule has 1 saturated heterocycles. The molecule has 0 aromatic heterocycles. The van der Waals surface area contributed by atoms with Crippen molar-refractivity contribution in [2.24, 2.45) is 0 Å². The van der Waals surface area contributed by atoms with Gasteiger partial charge in [-0.15, -0.1) is 0 Å². The summed E-state index contributed by atoms with van der Waals surface area (Å²) in [5, 5.41) is 13.7. The average Bonchev–Trinajstić information content (AvgIpc) is 2.88. The maximum atomic E-state index is 13.3. The van der Waals surface area contributed by atoms with Crippen LogP contribution in [0.1, 0.15) is 12.0 Å². The van der Waals surface area contributed by atoms with E-state index in [0.29, 0.717) is 16.3 Å². The Bertz CT molecular complexity index is 857. The molecule has 2 amide bonds. The zero-order valence-corrected chi connectivity index (χ0v) is 15.0.